The molecule has 1 unspecified atom stereocenters. The van der Waals surface area contributed by atoms with E-state index in [1.165, 1.54) is 12.0 Å². The van der Waals surface area contributed by atoms with E-state index in [0.717, 1.165) is 10.5 Å². The Morgan fingerprint density at radius 3 is 2.72 bits per heavy atom. The third kappa shape index (κ3) is 4.26. The molecule has 0 bridgehead atoms. The smallest absolute Gasteiger partial charge is 0.338 e. The van der Waals surface area contributed by atoms with Crippen LogP contribution in [0.3, 0.4) is 0 Å². The molecule has 2 N–H and O–H groups in total. The van der Waals surface area contributed by atoms with Gasteiger partial charge in [0.1, 0.15) is 18.9 Å². The van der Waals surface area contributed by atoms with Crippen LogP contribution in [0.1, 0.15) is 11.6 Å². The van der Waals surface area contributed by atoms with Crippen LogP contribution >= 0.6 is 23.4 Å². The number of thioether (sulfide) groups is 1. The molecule has 0 saturated carbocycles. The number of benzene rings is 2. The lowest BCUT2D eigenvalue weighted by Crippen LogP contribution is -2.49. The van der Waals surface area contributed by atoms with Crippen molar-refractivity contribution in [3.63, 3.8) is 0 Å². The predicted octanol–water partition coefficient (Wildman–Crippen LogP) is 3.59. The van der Waals surface area contributed by atoms with Crippen molar-refractivity contribution in [1.82, 2.24) is 10.2 Å². The summed E-state index contributed by atoms with van der Waals surface area (Å²) in [5.41, 5.74) is 1.85. The summed E-state index contributed by atoms with van der Waals surface area (Å²) in [6, 6.07) is 11.2. The van der Waals surface area contributed by atoms with Crippen LogP contribution in [0.15, 0.2) is 58.6 Å². The second-order valence-electron chi connectivity index (χ2n) is 7.07. The molecule has 32 heavy (non-hydrogen) atoms. The minimum absolute atomic E-state index is 0.0747. The first kappa shape index (κ1) is 22.0. The van der Waals surface area contributed by atoms with Gasteiger partial charge >= 0.3 is 12.0 Å². The van der Waals surface area contributed by atoms with Crippen molar-refractivity contribution in [3.8, 4) is 5.75 Å². The quantitative estimate of drug-likeness (QED) is 0.491. The second-order valence-corrected chi connectivity index (χ2v) is 8.39. The van der Waals surface area contributed by atoms with Gasteiger partial charge in [0.15, 0.2) is 0 Å². The summed E-state index contributed by atoms with van der Waals surface area (Å²) < 4.78 is 10.4. The molecule has 4 rings (SSSR count). The Hall–Kier alpha value is -3.17. The van der Waals surface area contributed by atoms with Crippen molar-refractivity contribution in [2.24, 2.45) is 0 Å². The number of rotatable bonds is 6. The topological polar surface area (TPSA) is 97.0 Å². The van der Waals surface area contributed by atoms with E-state index in [-0.39, 0.29) is 13.2 Å². The predicted molar refractivity (Wildman–Crippen MR) is 121 cm³/mol. The number of hydrogen-bond donors (Lipinski definition) is 2. The van der Waals surface area contributed by atoms with Crippen molar-refractivity contribution in [3.05, 3.63) is 64.3 Å². The summed E-state index contributed by atoms with van der Waals surface area (Å²) in [5.74, 6) is -0.561. The summed E-state index contributed by atoms with van der Waals surface area (Å²) in [7, 11) is 1.47. The average Bonchev–Trinajstić information content (AvgIpc) is 3.17. The van der Waals surface area contributed by atoms with Gasteiger partial charge in [0.2, 0.25) is 5.91 Å². The van der Waals surface area contributed by atoms with Gasteiger partial charge < -0.3 is 20.1 Å². The number of carbonyl (C=O) groups is 3. The maximum atomic E-state index is 12.9. The van der Waals surface area contributed by atoms with E-state index in [2.05, 4.69) is 10.6 Å². The van der Waals surface area contributed by atoms with E-state index in [9.17, 15) is 14.4 Å². The van der Waals surface area contributed by atoms with Crippen LogP contribution in [0.25, 0.3) is 0 Å². The number of anilines is 1. The van der Waals surface area contributed by atoms with Gasteiger partial charge in [-0.1, -0.05) is 23.7 Å². The molecule has 0 aliphatic carbocycles. The van der Waals surface area contributed by atoms with Crippen LogP contribution in [0.4, 0.5) is 10.5 Å². The first-order chi connectivity index (χ1) is 15.4. The molecule has 10 heteroatoms. The van der Waals surface area contributed by atoms with E-state index in [1.54, 1.807) is 30.0 Å². The number of nitrogens with zero attached hydrogens (tertiary/aromatic N) is 1. The number of methoxy groups -OCH3 is 1. The molecule has 1 atom stereocenters. The maximum Gasteiger partial charge on any atom is 0.338 e. The van der Waals surface area contributed by atoms with Gasteiger partial charge in [-0.05, 0) is 42.2 Å². The fourth-order valence-corrected chi connectivity index (χ4v) is 4.22. The number of amides is 3. The Balaban J connectivity index is 1.58. The Morgan fingerprint density at radius 1 is 1.28 bits per heavy atom. The molecule has 166 valence electrons. The standard InChI is InChI=1S/C22H20ClN3O5S/c1-30-17-8-5-13(23)9-15(17)24-18(27)10-26-16-11-31-21(28)19(16)20(25-22(26)29)12-3-6-14(32-2)7-4-12/h3-9,20H,10-11H2,1-2H3,(H,24,27)(H,25,29). The second kappa shape index (κ2) is 9.13. The van der Waals surface area contributed by atoms with Gasteiger partial charge in [0.25, 0.3) is 0 Å². The lowest BCUT2D eigenvalue weighted by Gasteiger charge is -2.32. The molecule has 0 aromatic heterocycles. The first-order valence-electron chi connectivity index (χ1n) is 9.66. The molecule has 0 radical (unpaired) electrons. The van der Waals surface area contributed by atoms with Crippen LogP contribution in [0, 0.1) is 0 Å². The van der Waals surface area contributed by atoms with Crippen molar-refractivity contribution in [1.29, 1.82) is 0 Å². The molecule has 0 fully saturated rings. The Morgan fingerprint density at radius 2 is 2.03 bits per heavy atom. The van der Waals surface area contributed by atoms with Gasteiger partial charge in [-0.25, -0.2) is 9.59 Å². The average molecular weight is 474 g/mol. The Kier molecular flexibility index (Phi) is 6.29. The number of urea groups is 1. The maximum absolute atomic E-state index is 12.9. The van der Waals surface area contributed by atoms with Gasteiger partial charge in [-0.3, -0.25) is 9.69 Å². The molecule has 2 heterocycles. The number of cyclic esters (lactones) is 1. The van der Waals surface area contributed by atoms with E-state index >= 15 is 0 Å². The molecular formula is C22H20ClN3O5S. The number of halogens is 1. The fourth-order valence-electron chi connectivity index (χ4n) is 3.64. The Bertz CT molecular complexity index is 1120. The van der Waals surface area contributed by atoms with E-state index in [0.29, 0.717) is 27.7 Å². The molecule has 2 aliphatic rings. The molecule has 2 aromatic rings. The molecule has 8 nitrogen and oxygen atoms in total. The molecular weight excluding hydrogens is 454 g/mol. The van der Waals surface area contributed by atoms with Crippen molar-refractivity contribution >= 4 is 47.0 Å². The molecule has 0 spiro atoms. The van der Waals surface area contributed by atoms with E-state index in [4.69, 9.17) is 21.1 Å². The summed E-state index contributed by atoms with van der Waals surface area (Å²) in [6.07, 6.45) is 1.97. The van der Waals surface area contributed by atoms with Gasteiger partial charge in [0, 0.05) is 9.92 Å². The highest BCUT2D eigenvalue weighted by atomic mass is 35.5. The number of hydrogen-bond acceptors (Lipinski definition) is 6. The zero-order valence-corrected chi connectivity index (χ0v) is 18.9. The summed E-state index contributed by atoms with van der Waals surface area (Å²) in [4.78, 5) is 40.4. The van der Waals surface area contributed by atoms with Crippen molar-refractivity contribution in [2.45, 2.75) is 10.9 Å². The van der Waals surface area contributed by atoms with Crippen LogP contribution < -0.4 is 15.4 Å². The van der Waals surface area contributed by atoms with Crippen molar-refractivity contribution in [2.75, 3.05) is 31.8 Å². The van der Waals surface area contributed by atoms with Crippen LogP contribution in [0.2, 0.25) is 5.02 Å². The third-order valence-corrected chi connectivity index (χ3v) is 6.16. The zero-order chi connectivity index (χ0) is 22.8. The van der Waals surface area contributed by atoms with Crippen LogP contribution in [0.5, 0.6) is 5.75 Å². The zero-order valence-electron chi connectivity index (χ0n) is 17.3. The lowest BCUT2D eigenvalue weighted by molar-refractivity contribution is -0.136. The van der Waals surface area contributed by atoms with Gasteiger partial charge in [-0.15, -0.1) is 11.8 Å². The van der Waals surface area contributed by atoms with Crippen molar-refractivity contribution < 1.29 is 23.9 Å². The third-order valence-electron chi connectivity index (χ3n) is 5.18. The molecule has 2 aliphatic heterocycles. The highest BCUT2D eigenvalue weighted by molar-refractivity contribution is 7.98. The van der Waals surface area contributed by atoms with E-state index < -0.39 is 23.9 Å². The summed E-state index contributed by atoms with van der Waals surface area (Å²) >= 11 is 7.61. The first-order valence-corrected chi connectivity index (χ1v) is 11.3. The lowest BCUT2D eigenvalue weighted by atomic mass is 9.96. The number of esters is 1. The fraction of sp³-hybridized carbons (Fsp3) is 0.227. The van der Waals surface area contributed by atoms with E-state index in [1.807, 2.05) is 30.5 Å². The number of nitrogens with one attached hydrogen (secondary N) is 2. The summed E-state index contributed by atoms with van der Waals surface area (Å²) in [6.45, 7) is -0.385. The van der Waals surface area contributed by atoms with Gasteiger partial charge in [-0.2, -0.15) is 0 Å². The Labute approximate surface area is 193 Å². The monoisotopic (exact) mass is 473 g/mol. The highest BCUT2D eigenvalue weighted by Gasteiger charge is 2.42. The molecule has 0 saturated heterocycles. The minimum Gasteiger partial charge on any atom is -0.495 e. The van der Waals surface area contributed by atoms with Gasteiger partial charge in [0.05, 0.1) is 30.1 Å². The van der Waals surface area contributed by atoms with Crippen LogP contribution in [-0.4, -0.2) is 49.3 Å². The highest BCUT2D eigenvalue weighted by Crippen LogP contribution is 2.35. The number of ether oxygens (including phenoxy) is 2. The summed E-state index contributed by atoms with van der Waals surface area (Å²) in [5, 5.41) is 5.94. The normalized spacial score (nSPS) is 17.6. The van der Waals surface area contributed by atoms with Crippen LogP contribution in [-0.2, 0) is 14.3 Å². The number of carbonyl (C=O) groups excluding carboxylic acids is 3. The largest absolute Gasteiger partial charge is 0.495 e. The molecule has 3 amide bonds. The SMILES string of the molecule is COc1ccc(Cl)cc1NC(=O)CN1C(=O)NC(c2ccc(SC)cc2)C2=C1COC2=O. The molecule has 2 aromatic carbocycles. The minimum atomic E-state index is -0.643.